The van der Waals surface area contributed by atoms with Gasteiger partial charge in [-0.2, -0.15) is 0 Å². The Morgan fingerprint density at radius 2 is 1.54 bits per heavy atom. The third-order valence-electron chi connectivity index (χ3n) is 7.92. The zero-order valence-electron chi connectivity index (χ0n) is 26.8. The van der Waals surface area contributed by atoms with Crippen LogP contribution < -0.4 is 21.1 Å². The number of hydrogen-bond donors (Lipinski definition) is 4. The number of aliphatic hydroxyl groups is 1. The van der Waals surface area contributed by atoms with E-state index in [1.807, 2.05) is 80.6 Å². The molecule has 3 amide bonds. The molecule has 4 rings (SSSR count). The number of carbonyl (C=O) groups is 3. The van der Waals surface area contributed by atoms with Crippen LogP contribution >= 0.6 is 0 Å². The first-order chi connectivity index (χ1) is 22.2. The maximum absolute atomic E-state index is 13.8. The van der Waals surface area contributed by atoms with Crippen LogP contribution in [-0.4, -0.2) is 66.6 Å². The molecule has 242 valence electrons. The second kappa shape index (κ2) is 16.5. The third-order valence-corrected chi connectivity index (χ3v) is 7.92. The fraction of sp³-hybridized carbons (Fsp3) is 0.324. The van der Waals surface area contributed by atoms with Crippen LogP contribution in [0.2, 0.25) is 0 Å². The molecule has 0 saturated carbocycles. The fourth-order valence-corrected chi connectivity index (χ4v) is 5.59. The molecule has 0 aromatic heterocycles. The lowest BCUT2D eigenvalue weighted by Crippen LogP contribution is -2.48. The highest BCUT2D eigenvalue weighted by molar-refractivity contribution is 6.04. The topological polar surface area (TPSA) is 134 Å². The smallest absolute Gasteiger partial charge is 0.253 e. The van der Waals surface area contributed by atoms with Crippen LogP contribution in [0.15, 0.2) is 84.9 Å². The van der Waals surface area contributed by atoms with E-state index in [2.05, 4.69) is 10.6 Å². The monoisotopic (exact) mass is 624 g/mol. The van der Waals surface area contributed by atoms with Crippen molar-refractivity contribution in [1.29, 1.82) is 0 Å². The second-order valence-electron chi connectivity index (χ2n) is 11.4. The molecule has 0 aliphatic heterocycles. The maximum atomic E-state index is 13.8. The molecule has 0 fully saturated rings. The van der Waals surface area contributed by atoms with Crippen LogP contribution in [0, 0.1) is 0 Å². The Morgan fingerprint density at radius 3 is 2.26 bits per heavy atom. The van der Waals surface area contributed by atoms with Crippen molar-refractivity contribution in [2.75, 3.05) is 26.7 Å². The van der Waals surface area contributed by atoms with Crippen LogP contribution in [0.5, 0.6) is 5.75 Å². The Kier molecular flexibility index (Phi) is 12.3. The summed E-state index contributed by atoms with van der Waals surface area (Å²) in [5.41, 5.74) is 7.97. The third kappa shape index (κ3) is 8.93. The summed E-state index contributed by atoms with van der Waals surface area (Å²) in [6.07, 6.45) is 0.915. The Balaban J connectivity index is 1.61. The number of nitrogens with two attached hydrogens (primary N) is 1. The highest BCUT2D eigenvalue weighted by atomic mass is 16.5. The summed E-state index contributed by atoms with van der Waals surface area (Å²) in [6.45, 7) is 5.76. The number of carbonyl (C=O) groups excluding carboxylic acids is 3. The highest BCUT2D eigenvalue weighted by Crippen LogP contribution is 2.21. The van der Waals surface area contributed by atoms with E-state index in [0.29, 0.717) is 26.1 Å². The fourth-order valence-electron chi connectivity index (χ4n) is 5.59. The van der Waals surface area contributed by atoms with E-state index < -0.39 is 24.0 Å². The van der Waals surface area contributed by atoms with Crippen molar-refractivity contribution >= 4 is 28.5 Å². The van der Waals surface area contributed by atoms with Gasteiger partial charge in [0.05, 0.1) is 19.3 Å². The van der Waals surface area contributed by atoms with Gasteiger partial charge in [-0.15, -0.1) is 0 Å². The molecule has 9 heteroatoms. The molecule has 0 spiro atoms. The SMILES string of the molecule is CCCN(CCC)C(=O)c1cc(C(N)=O)cc(C(=O)N[C@@H](Cc2cccc3ccccc23)[C@H](O)CNCc2cccc(OC)c2)c1. The molecule has 0 aliphatic rings. The molecule has 0 heterocycles. The van der Waals surface area contributed by atoms with Crippen molar-refractivity contribution in [3.8, 4) is 5.75 Å². The molecule has 5 N–H and O–H groups in total. The predicted molar refractivity (Wildman–Crippen MR) is 181 cm³/mol. The van der Waals surface area contributed by atoms with Crippen molar-refractivity contribution in [1.82, 2.24) is 15.5 Å². The number of methoxy groups -OCH3 is 1. The molecular formula is C37H44N4O5. The lowest BCUT2D eigenvalue weighted by molar-refractivity contribution is 0.0755. The molecule has 46 heavy (non-hydrogen) atoms. The van der Waals surface area contributed by atoms with E-state index in [9.17, 15) is 19.5 Å². The van der Waals surface area contributed by atoms with Gasteiger partial charge in [-0.1, -0.05) is 68.4 Å². The first kappa shape index (κ1) is 34.1. The van der Waals surface area contributed by atoms with Crippen molar-refractivity contribution in [3.05, 3.63) is 113 Å². The molecule has 0 bridgehead atoms. The molecule has 2 atom stereocenters. The number of amides is 3. The Morgan fingerprint density at radius 1 is 0.870 bits per heavy atom. The predicted octanol–water partition coefficient (Wildman–Crippen LogP) is 4.70. The molecular weight excluding hydrogens is 580 g/mol. The molecule has 0 radical (unpaired) electrons. The van der Waals surface area contributed by atoms with Crippen LogP contribution in [0.25, 0.3) is 10.8 Å². The number of ether oxygens (including phenoxy) is 1. The largest absolute Gasteiger partial charge is 0.497 e. The minimum Gasteiger partial charge on any atom is -0.497 e. The van der Waals surface area contributed by atoms with Crippen LogP contribution in [0.4, 0.5) is 0 Å². The van der Waals surface area contributed by atoms with Gasteiger partial charge in [-0.05, 0) is 71.5 Å². The lowest BCUT2D eigenvalue weighted by Gasteiger charge is -2.26. The van der Waals surface area contributed by atoms with Gasteiger partial charge >= 0.3 is 0 Å². The summed E-state index contributed by atoms with van der Waals surface area (Å²) in [4.78, 5) is 41.2. The maximum Gasteiger partial charge on any atom is 0.253 e. The first-order valence-electron chi connectivity index (χ1n) is 15.8. The van der Waals surface area contributed by atoms with Crippen molar-refractivity contribution in [3.63, 3.8) is 0 Å². The number of fused-ring (bicyclic) bond motifs is 1. The number of aliphatic hydroxyl groups excluding tert-OH is 1. The van der Waals surface area contributed by atoms with E-state index >= 15 is 0 Å². The van der Waals surface area contributed by atoms with Crippen molar-refractivity contribution in [2.45, 2.75) is 51.8 Å². The first-order valence-corrected chi connectivity index (χ1v) is 15.8. The van der Waals surface area contributed by atoms with Gasteiger partial charge in [0.2, 0.25) is 5.91 Å². The zero-order chi connectivity index (χ0) is 33.1. The van der Waals surface area contributed by atoms with Gasteiger partial charge in [0.15, 0.2) is 0 Å². The Bertz CT molecular complexity index is 1640. The van der Waals surface area contributed by atoms with E-state index in [1.54, 1.807) is 12.0 Å². The molecule has 0 saturated heterocycles. The van der Waals surface area contributed by atoms with Gasteiger partial charge in [0.1, 0.15) is 5.75 Å². The standard InChI is InChI=1S/C37H44N4O5/c1-4-16-41(17-5-2)37(45)30-20-28(35(38)43)19-29(21-30)36(44)40-33(22-27-13-9-12-26-11-6-7-15-32(26)27)34(42)24-39-23-25-10-8-14-31(18-25)46-3/h6-15,18-21,33-34,39,42H,4-5,16-17,22-24H2,1-3H3,(H2,38,43)(H,40,44)/t33-,34+/m0/s1. The number of nitrogens with one attached hydrogen (secondary N) is 2. The van der Waals surface area contributed by atoms with Gasteiger partial charge in [0, 0.05) is 42.9 Å². The molecule has 0 unspecified atom stereocenters. The van der Waals surface area contributed by atoms with E-state index in [-0.39, 0.29) is 29.1 Å². The molecule has 9 nitrogen and oxygen atoms in total. The van der Waals surface area contributed by atoms with E-state index in [4.69, 9.17) is 10.5 Å². The summed E-state index contributed by atoms with van der Waals surface area (Å²) in [5, 5.41) is 19.8. The minimum absolute atomic E-state index is 0.0649. The van der Waals surface area contributed by atoms with E-state index in [0.717, 1.165) is 40.5 Å². The minimum atomic E-state index is -0.974. The summed E-state index contributed by atoms with van der Waals surface area (Å²) >= 11 is 0. The Labute approximate surface area is 270 Å². The summed E-state index contributed by atoms with van der Waals surface area (Å²) < 4.78 is 5.31. The Hall–Kier alpha value is -4.73. The highest BCUT2D eigenvalue weighted by Gasteiger charge is 2.25. The van der Waals surface area contributed by atoms with Crippen LogP contribution in [0.1, 0.15) is 68.9 Å². The van der Waals surface area contributed by atoms with E-state index in [1.165, 1.54) is 18.2 Å². The molecule has 4 aromatic carbocycles. The second-order valence-corrected chi connectivity index (χ2v) is 11.4. The molecule has 0 aliphatic carbocycles. The summed E-state index contributed by atoms with van der Waals surface area (Å²) in [6, 6.07) is 25.2. The van der Waals surface area contributed by atoms with Crippen LogP contribution in [0.3, 0.4) is 0 Å². The number of primary amides is 1. The zero-order valence-corrected chi connectivity index (χ0v) is 26.8. The van der Waals surface area contributed by atoms with Gasteiger partial charge in [-0.3, -0.25) is 14.4 Å². The van der Waals surface area contributed by atoms with Gasteiger partial charge in [-0.25, -0.2) is 0 Å². The summed E-state index contributed by atoms with van der Waals surface area (Å²) in [5.74, 6) is -0.790. The number of nitrogens with zero attached hydrogens (tertiary/aromatic N) is 1. The average molecular weight is 625 g/mol. The van der Waals surface area contributed by atoms with Gasteiger partial charge in [0.25, 0.3) is 11.8 Å². The van der Waals surface area contributed by atoms with Crippen molar-refractivity contribution < 1.29 is 24.2 Å². The number of rotatable bonds is 16. The number of benzene rings is 4. The normalized spacial score (nSPS) is 12.3. The van der Waals surface area contributed by atoms with Gasteiger partial charge < -0.3 is 31.1 Å². The van der Waals surface area contributed by atoms with Crippen molar-refractivity contribution in [2.24, 2.45) is 5.73 Å². The van der Waals surface area contributed by atoms with Crippen LogP contribution in [-0.2, 0) is 13.0 Å². The average Bonchev–Trinajstić information content (AvgIpc) is 3.07. The summed E-state index contributed by atoms with van der Waals surface area (Å²) in [7, 11) is 1.61. The quantitative estimate of drug-likeness (QED) is 0.143. The lowest BCUT2D eigenvalue weighted by atomic mass is 9.95. The molecule has 4 aromatic rings. The number of hydrogen-bond acceptors (Lipinski definition) is 6.